The zero-order chi connectivity index (χ0) is 8.36. The van der Waals surface area contributed by atoms with Gasteiger partial charge >= 0.3 is 0 Å². The second-order valence-electron chi connectivity index (χ2n) is 2.79. The summed E-state index contributed by atoms with van der Waals surface area (Å²) in [4.78, 5) is 10.7. The van der Waals surface area contributed by atoms with E-state index in [0.717, 1.165) is 0 Å². The van der Waals surface area contributed by atoms with Gasteiger partial charge in [-0.1, -0.05) is 13.8 Å². The van der Waals surface area contributed by atoms with E-state index in [1.165, 1.54) is 6.92 Å². The van der Waals surface area contributed by atoms with Crippen molar-refractivity contribution in [2.24, 2.45) is 5.92 Å². The Hall–Kier alpha value is -0.410. The topological polar surface area (TPSA) is 57.5 Å². The third-order valence-electron chi connectivity index (χ3n) is 1.81. The van der Waals surface area contributed by atoms with Gasteiger partial charge in [-0.15, -0.1) is 0 Å². The van der Waals surface area contributed by atoms with Gasteiger partial charge in [0.2, 0.25) is 0 Å². The van der Waals surface area contributed by atoms with E-state index >= 15 is 0 Å². The number of rotatable bonds is 3. The Morgan fingerprint density at radius 1 is 1.60 bits per heavy atom. The number of hydrogen-bond donors (Lipinski definition) is 2. The van der Waals surface area contributed by atoms with Gasteiger partial charge in [0.25, 0.3) is 0 Å². The van der Waals surface area contributed by atoms with E-state index in [1.54, 1.807) is 13.8 Å². The van der Waals surface area contributed by atoms with Crippen LogP contribution >= 0.6 is 0 Å². The number of hydrogen-bond acceptors (Lipinski definition) is 3. The summed E-state index contributed by atoms with van der Waals surface area (Å²) in [7, 11) is 0. The Kier molecular flexibility index (Phi) is 2.99. The number of aliphatic hydroxyl groups excluding tert-OH is 1. The predicted octanol–water partition coefficient (Wildman–Crippen LogP) is -0.0452. The Morgan fingerprint density at radius 3 is 2.00 bits per heavy atom. The molecule has 0 aromatic heterocycles. The standard InChI is InChI=1S/C7H14O3/c1-5(2)7(10,4-8)6(3)9/h5,8,10H,4H2,1-3H3. The van der Waals surface area contributed by atoms with E-state index < -0.39 is 12.2 Å². The molecule has 0 amide bonds. The molecule has 2 N–H and O–H groups in total. The fraction of sp³-hybridized carbons (Fsp3) is 0.857. The van der Waals surface area contributed by atoms with E-state index in [-0.39, 0.29) is 11.7 Å². The van der Waals surface area contributed by atoms with E-state index in [2.05, 4.69) is 0 Å². The number of carbonyl (C=O) groups is 1. The van der Waals surface area contributed by atoms with Crippen molar-refractivity contribution >= 4 is 5.78 Å². The highest BCUT2D eigenvalue weighted by Gasteiger charge is 2.35. The Bertz CT molecular complexity index is 131. The normalized spacial score (nSPS) is 17.0. The van der Waals surface area contributed by atoms with E-state index in [0.29, 0.717) is 0 Å². The fourth-order valence-electron chi connectivity index (χ4n) is 0.700. The molecule has 0 aromatic carbocycles. The maximum Gasteiger partial charge on any atom is 0.163 e. The van der Waals surface area contributed by atoms with Crippen LogP contribution < -0.4 is 0 Å². The zero-order valence-electron chi connectivity index (χ0n) is 6.59. The maximum atomic E-state index is 10.7. The molecule has 0 fully saturated rings. The minimum Gasteiger partial charge on any atom is -0.393 e. The maximum absolute atomic E-state index is 10.7. The van der Waals surface area contributed by atoms with E-state index in [1.807, 2.05) is 0 Å². The molecule has 0 saturated heterocycles. The first kappa shape index (κ1) is 9.59. The molecule has 0 aromatic rings. The fourth-order valence-corrected chi connectivity index (χ4v) is 0.700. The third-order valence-corrected chi connectivity index (χ3v) is 1.81. The quantitative estimate of drug-likeness (QED) is 0.587. The first-order valence-electron chi connectivity index (χ1n) is 3.29. The molecule has 0 saturated carbocycles. The van der Waals surface area contributed by atoms with E-state index in [4.69, 9.17) is 5.11 Å². The van der Waals surface area contributed by atoms with Crippen molar-refractivity contribution in [2.45, 2.75) is 26.4 Å². The van der Waals surface area contributed by atoms with Gasteiger partial charge in [0.15, 0.2) is 5.78 Å². The summed E-state index contributed by atoms with van der Waals surface area (Å²) >= 11 is 0. The van der Waals surface area contributed by atoms with Crippen molar-refractivity contribution in [1.29, 1.82) is 0 Å². The second kappa shape index (κ2) is 3.12. The molecule has 0 radical (unpaired) electrons. The first-order chi connectivity index (χ1) is 4.45. The minimum absolute atomic E-state index is 0.241. The monoisotopic (exact) mass is 146 g/mol. The molecule has 0 aliphatic carbocycles. The molecule has 0 aliphatic rings. The number of aliphatic hydroxyl groups is 2. The average Bonchev–Trinajstić information content (AvgIpc) is 1.85. The molecule has 10 heavy (non-hydrogen) atoms. The van der Waals surface area contributed by atoms with Gasteiger partial charge in [-0.05, 0) is 12.8 Å². The molecule has 0 bridgehead atoms. The molecular weight excluding hydrogens is 132 g/mol. The van der Waals surface area contributed by atoms with E-state index in [9.17, 15) is 9.90 Å². The summed E-state index contributed by atoms with van der Waals surface area (Å²) in [5, 5.41) is 18.0. The smallest absolute Gasteiger partial charge is 0.163 e. The summed E-state index contributed by atoms with van der Waals surface area (Å²) in [6.07, 6.45) is 0. The van der Waals surface area contributed by atoms with Crippen molar-refractivity contribution in [1.82, 2.24) is 0 Å². The van der Waals surface area contributed by atoms with Crippen LogP contribution in [0.3, 0.4) is 0 Å². The molecule has 1 atom stereocenters. The number of ketones is 1. The van der Waals surface area contributed by atoms with Crippen LogP contribution in [0.5, 0.6) is 0 Å². The molecule has 3 nitrogen and oxygen atoms in total. The van der Waals surface area contributed by atoms with Crippen molar-refractivity contribution < 1.29 is 15.0 Å². The van der Waals surface area contributed by atoms with Gasteiger partial charge in [0.1, 0.15) is 5.60 Å². The molecular formula is C7H14O3. The predicted molar refractivity (Wildman–Crippen MR) is 37.6 cm³/mol. The molecule has 1 unspecified atom stereocenters. The summed E-state index contributed by atoms with van der Waals surface area (Å²) in [5.41, 5.74) is -1.54. The van der Waals surface area contributed by atoms with Crippen LogP contribution in [0.4, 0.5) is 0 Å². The highest BCUT2D eigenvalue weighted by Crippen LogP contribution is 2.16. The second-order valence-corrected chi connectivity index (χ2v) is 2.79. The molecule has 0 rings (SSSR count). The Morgan fingerprint density at radius 2 is 2.00 bits per heavy atom. The molecule has 3 heteroatoms. The van der Waals surface area contributed by atoms with Crippen LogP contribution in [0.25, 0.3) is 0 Å². The Balaban J connectivity index is 4.38. The van der Waals surface area contributed by atoms with Gasteiger partial charge in [0.05, 0.1) is 6.61 Å². The molecule has 0 heterocycles. The Labute approximate surface area is 60.7 Å². The van der Waals surface area contributed by atoms with Crippen LogP contribution in [0.1, 0.15) is 20.8 Å². The highest BCUT2D eigenvalue weighted by molar-refractivity contribution is 5.85. The van der Waals surface area contributed by atoms with Crippen molar-refractivity contribution in [3.63, 3.8) is 0 Å². The lowest BCUT2D eigenvalue weighted by Crippen LogP contribution is -2.45. The SMILES string of the molecule is CC(=O)C(O)(CO)C(C)C. The average molecular weight is 146 g/mol. The number of carbonyl (C=O) groups excluding carboxylic acids is 1. The van der Waals surface area contributed by atoms with Crippen molar-refractivity contribution in [3.8, 4) is 0 Å². The van der Waals surface area contributed by atoms with Gasteiger partial charge in [0, 0.05) is 0 Å². The van der Waals surface area contributed by atoms with Crippen LogP contribution in [0, 0.1) is 5.92 Å². The minimum atomic E-state index is -1.54. The van der Waals surface area contributed by atoms with Gasteiger partial charge in [-0.2, -0.15) is 0 Å². The van der Waals surface area contributed by atoms with Gasteiger partial charge in [-0.25, -0.2) is 0 Å². The first-order valence-corrected chi connectivity index (χ1v) is 3.29. The number of Topliss-reactive ketones (excluding diaryl/α,β-unsaturated/α-hetero) is 1. The van der Waals surface area contributed by atoms with Crippen LogP contribution in [0.15, 0.2) is 0 Å². The summed E-state index contributed by atoms with van der Waals surface area (Å²) in [6, 6.07) is 0. The molecule has 60 valence electrons. The third kappa shape index (κ3) is 1.55. The summed E-state index contributed by atoms with van der Waals surface area (Å²) in [5.74, 6) is -0.625. The van der Waals surface area contributed by atoms with Crippen LogP contribution in [0.2, 0.25) is 0 Å². The zero-order valence-corrected chi connectivity index (χ0v) is 6.59. The lowest BCUT2D eigenvalue weighted by atomic mass is 9.88. The summed E-state index contributed by atoms with van der Waals surface area (Å²) < 4.78 is 0. The summed E-state index contributed by atoms with van der Waals surface area (Å²) in [6.45, 7) is 4.16. The lowest BCUT2D eigenvalue weighted by molar-refractivity contribution is -0.144. The van der Waals surface area contributed by atoms with Crippen LogP contribution in [-0.4, -0.2) is 28.2 Å². The largest absolute Gasteiger partial charge is 0.393 e. The van der Waals surface area contributed by atoms with Gasteiger partial charge in [-0.3, -0.25) is 4.79 Å². The van der Waals surface area contributed by atoms with Crippen LogP contribution in [-0.2, 0) is 4.79 Å². The highest BCUT2D eigenvalue weighted by atomic mass is 16.3. The molecule has 0 aliphatic heterocycles. The van der Waals surface area contributed by atoms with Gasteiger partial charge < -0.3 is 10.2 Å². The lowest BCUT2D eigenvalue weighted by Gasteiger charge is -2.26. The van der Waals surface area contributed by atoms with Crippen molar-refractivity contribution in [3.05, 3.63) is 0 Å². The van der Waals surface area contributed by atoms with Crippen molar-refractivity contribution in [2.75, 3.05) is 6.61 Å². The molecule has 0 spiro atoms.